The van der Waals surface area contributed by atoms with Crippen molar-refractivity contribution in [2.75, 3.05) is 27.3 Å². The number of halogens is 1. The molecule has 63 heavy (non-hydrogen) atoms. The molecule has 0 spiro atoms. The average Bonchev–Trinajstić information content (AvgIpc) is 3.25. The van der Waals surface area contributed by atoms with Gasteiger partial charge in [-0.3, -0.25) is 33.8 Å². The molecule has 2 fully saturated rings. The number of amides is 6. The molecule has 2 aliphatic rings. The monoisotopic (exact) mass is 909 g/mol. The summed E-state index contributed by atoms with van der Waals surface area (Å²) in [5.41, 5.74) is 11.4. The van der Waals surface area contributed by atoms with Gasteiger partial charge < -0.3 is 67.3 Å². The molecule has 21 nitrogen and oxygen atoms in total. The molecular formula is C41H64ClN9O12. The highest BCUT2D eigenvalue weighted by atomic mass is 35.5. The van der Waals surface area contributed by atoms with Gasteiger partial charge in [0.2, 0.25) is 29.5 Å². The quantitative estimate of drug-likeness (QED) is 0.0457. The minimum Gasteiger partial charge on any atom is -0.506 e. The number of carbonyl (C=O) groups is 7. The van der Waals surface area contributed by atoms with Crippen molar-refractivity contribution in [3.8, 4) is 5.75 Å². The van der Waals surface area contributed by atoms with Gasteiger partial charge in [0.05, 0.1) is 11.6 Å². The number of phenolic OH excluding ortho intramolecular Hbond substituents is 1. The van der Waals surface area contributed by atoms with Crippen LogP contribution in [0.15, 0.2) is 23.2 Å². The highest BCUT2D eigenvalue weighted by Gasteiger charge is 2.47. The van der Waals surface area contributed by atoms with Crippen molar-refractivity contribution in [1.29, 1.82) is 0 Å². The van der Waals surface area contributed by atoms with Crippen LogP contribution < -0.4 is 32.7 Å². The predicted molar refractivity (Wildman–Crippen MR) is 229 cm³/mol. The summed E-state index contributed by atoms with van der Waals surface area (Å²) in [5, 5.41) is 40.0. The van der Waals surface area contributed by atoms with Crippen molar-refractivity contribution in [2.45, 2.75) is 134 Å². The number of aliphatic imine (C=N–C) groups is 1. The second kappa shape index (κ2) is 24.0. The zero-order chi connectivity index (χ0) is 47.3. The minimum absolute atomic E-state index is 0.0198. The van der Waals surface area contributed by atoms with Crippen molar-refractivity contribution >= 4 is 59.0 Å². The van der Waals surface area contributed by atoms with Crippen LogP contribution in [0.2, 0.25) is 5.02 Å². The van der Waals surface area contributed by atoms with E-state index in [2.05, 4.69) is 26.3 Å². The molecule has 0 aliphatic carbocycles. The maximum absolute atomic E-state index is 15.0. The standard InChI is InChI=1S/C41H64ClN9O12/c1-8-20(3)31-40(61)63-22(5)32(49-36(57)29(54)19-52)37(58)46-25(11-10-16-45-41(43)44)34(55)47-26-13-15-30(62-7)51(38(26)59)33(21(4)9-2)39(60)50(6)27(35(56)48-31)18-23-12-14-28(53)24(42)17-23/h12,14,17,20-22,25-27,29-33,52-54H,8-11,13,15-16,18-19H2,1-7H3,(H,46,58)(H,47,55)(H,48,56)(H,49,57)(H4,43,44,45)/t20-,21-,22+,25-,26-,27-,29+,30+,31-,32-,33-/m0/s1. The van der Waals surface area contributed by atoms with E-state index in [9.17, 15) is 48.9 Å². The van der Waals surface area contributed by atoms with E-state index in [1.54, 1.807) is 20.8 Å². The first kappa shape index (κ1) is 52.1. The number of ether oxygens (including phenoxy) is 2. The lowest BCUT2D eigenvalue weighted by molar-refractivity contribution is -0.171. The van der Waals surface area contributed by atoms with Crippen LogP contribution in [0, 0.1) is 11.8 Å². The van der Waals surface area contributed by atoms with Gasteiger partial charge in [-0.2, -0.15) is 0 Å². The number of nitrogens with two attached hydrogens (primary N) is 2. The van der Waals surface area contributed by atoms with Crippen molar-refractivity contribution in [1.82, 2.24) is 31.1 Å². The molecule has 6 amide bonds. The first-order valence-electron chi connectivity index (χ1n) is 21.1. The number of guanidine groups is 1. The molecule has 11 N–H and O–H groups in total. The number of esters is 1. The summed E-state index contributed by atoms with van der Waals surface area (Å²) in [4.78, 5) is 106. The molecule has 352 valence electrons. The Morgan fingerprint density at radius 3 is 2.27 bits per heavy atom. The number of aliphatic hydroxyl groups excluding tert-OH is 2. The Bertz CT molecular complexity index is 1830. The topological polar surface area (TPSA) is 318 Å². The third kappa shape index (κ3) is 13.6. The zero-order valence-corrected chi connectivity index (χ0v) is 37.6. The van der Waals surface area contributed by atoms with Gasteiger partial charge in [0.1, 0.15) is 54.3 Å². The molecule has 1 aromatic carbocycles. The minimum atomic E-state index is -1.99. The van der Waals surface area contributed by atoms with E-state index < -0.39 is 115 Å². The summed E-state index contributed by atoms with van der Waals surface area (Å²) in [6.07, 6.45) is -3.62. The number of likely N-dealkylation sites (N-methyl/N-ethyl adjacent to an activating group) is 1. The van der Waals surface area contributed by atoms with Crippen LogP contribution in [-0.2, 0) is 49.5 Å². The van der Waals surface area contributed by atoms with Gasteiger partial charge in [-0.25, -0.2) is 4.79 Å². The van der Waals surface area contributed by atoms with Crippen LogP contribution in [0.4, 0.5) is 0 Å². The number of hydrogen-bond acceptors (Lipinski definition) is 13. The number of rotatable bonds is 14. The summed E-state index contributed by atoms with van der Waals surface area (Å²) in [6, 6.07) is -4.14. The first-order chi connectivity index (χ1) is 29.7. The number of hydrogen-bond donors (Lipinski definition) is 9. The van der Waals surface area contributed by atoms with Crippen LogP contribution in [-0.4, -0.2) is 154 Å². The molecule has 22 heteroatoms. The molecule has 3 rings (SSSR count). The number of nitrogens with one attached hydrogen (secondary N) is 4. The first-order valence-corrected chi connectivity index (χ1v) is 21.4. The second-order valence-corrected chi connectivity index (χ2v) is 16.5. The van der Waals surface area contributed by atoms with E-state index in [1.807, 2.05) is 6.92 Å². The third-order valence-corrected chi connectivity index (χ3v) is 11.9. The number of methoxy groups -OCH3 is 1. The van der Waals surface area contributed by atoms with Crippen LogP contribution in [0.5, 0.6) is 5.75 Å². The summed E-state index contributed by atoms with van der Waals surface area (Å²) in [5.74, 6) is -7.82. The number of carbonyl (C=O) groups excluding carboxylic acids is 7. The maximum atomic E-state index is 15.0. The highest BCUT2D eigenvalue weighted by molar-refractivity contribution is 6.32. The number of aliphatic hydroxyl groups is 2. The van der Waals surface area contributed by atoms with Crippen LogP contribution in [0.3, 0.4) is 0 Å². The van der Waals surface area contributed by atoms with E-state index in [1.165, 1.54) is 49.1 Å². The second-order valence-electron chi connectivity index (χ2n) is 16.1. The smallest absolute Gasteiger partial charge is 0.329 e. The Morgan fingerprint density at radius 2 is 1.68 bits per heavy atom. The normalized spacial score (nSPS) is 27.0. The largest absolute Gasteiger partial charge is 0.506 e. The highest BCUT2D eigenvalue weighted by Crippen LogP contribution is 2.30. The van der Waals surface area contributed by atoms with Gasteiger partial charge >= 0.3 is 5.97 Å². The van der Waals surface area contributed by atoms with Crippen molar-refractivity contribution in [3.63, 3.8) is 0 Å². The van der Waals surface area contributed by atoms with Crippen LogP contribution in [0.25, 0.3) is 0 Å². The lowest BCUT2D eigenvalue weighted by atomic mass is 9.91. The Labute approximate surface area is 372 Å². The summed E-state index contributed by atoms with van der Waals surface area (Å²) >= 11 is 6.25. The fraction of sp³-hybridized carbons (Fsp3) is 0.659. The molecular weight excluding hydrogens is 846 g/mol. The van der Waals surface area contributed by atoms with Gasteiger partial charge in [0.15, 0.2) is 12.1 Å². The maximum Gasteiger partial charge on any atom is 0.329 e. The van der Waals surface area contributed by atoms with Crippen molar-refractivity contribution < 1.29 is 58.4 Å². The van der Waals surface area contributed by atoms with Crippen molar-refractivity contribution in [2.24, 2.45) is 28.3 Å². The molecule has 0 saturated carbocycles. The Balaban J connectivity index is 2.29. The fourth-order valence-electron chi connectivity index (χ4n) is 7.38. The Kier molecular flexibility index (Phi) is 19.8. The Morgan fingerprint density at radius 1 is 1.02 bits per heavy atom. The third-order valence-electron chi connectivity index (χ3n) is 11.6. The molecule has 0 unspecified atom stereocenters. The van der Waals surface area contributed by atoms with E-state index in [0.717, 1.165) is 0 Å². The number of nitrogens with zero attached hydrogens (tertiary/aromatic N) is 3. The molecule has 1 aromatic rings. The van der Waals surface area contributed by atoms with Gasteiger partial charge in [-0.15, -0.1) is 0 Å². The lowest BCUT2D eigenvalue weighted by Crippen LogP contribution is -2.66. The predicted octanol–water partition coefficient (Wildman–Crippen LogP) is -1.24. The average molecular weight is 910 g/mol. The number of cyclic esters (lactones) is 1. The number of phenols is 1. The number of benzene rings is 1. The molecule has 0 aromatic heterocycles. The van der Waals surface area contributed by atoms with Gasteiger partial charge in [0, 0.05) is 27.1 Å². The SMILES string of the molecule is CC[C@H](C)[C@@H]1NC(=O)[C@H](Cc2ccc(O)c(Cl)c2)N(C)C(=O)[C@H]([C@@H](C)CC)N2C(=O)[C@H](CC[C@H]2OC)NC(=O)[C@H](CCCN=C(N)N)NC(=O)[C@@H](NC(=O)[C@H](O)CO)[C@@H](C)OC1=O. The van der Waals surface area contributed by atoms with Crippen molar-refractivity contribution in [3.05, 3.63) is 28.8 Å². The molecule has 0 radical (unpaired) electrons. The van der Waals surface area contributed by atoms with Crippen LogP contribution in [0.1, 0.15) is 78.7 Å². The fourth-order valence-corrected chi connectivity index (χ4v) is 7.58. The van der Waals surface area contributed by atoms with Crippen LogP contribution >= 0.6 is 11.6 Å². The summed E-state index contributed by atoms with van der Waals surface area (Å²) in [6.45, 7) is 7.28. The Hall–Kier alpha value is -5.25. The number of fused-ring (bicyclic) bond motifs is 2. The van der Waals surface area contributed by atoms with E-state index in [4.69, 9.17) is 32.5 Å². The number of piperidine rings is 1. The molecule has 2 bridgehead atoms. The summed E-state index contributed by atoms with van der Waals surface area (Å²) < 4.78 is 11.5. The molecule has 2 heterocycles. The molecule has 2 saturated heterocycles. The summed E-state index contributed by atoms with van der Waals surface area (Å²) in [7, 11) is 2.77. The zero-order valence-electron chi connectivity index (χ0n) is 36.8. The van der Waals surface area contributed by atoms with E-state index in [0.29, 0.717) is 18.4 Å². The van der Waals surface area contributed by atoms with Gasteiger partial charge in [0.25, 0.3) is 5.91 Å². The lowest BCUT2D eigenvalue weighted by Gasteiger charge is -2.46. The van der Waals surface area contributed by atoms with E-state index >= 15 is 0 Å². The van der Waals surface area contributed by atoms with E-state index in [-0.39, 0.29) is 55.4 Å². The van der Waals surface area contributed by atoms with Gasteiger partial charge in [-0.1, -0.05) is 58.2 Å². The molecule has 2 aliphatic heterocycles. The van der Waals surface area contributed by atoms with Gasteiger partial charge in [-0.05, 0) is 62.1 Å². The number of aromatic hydroxyl groups is 1. The molecule has 11 atom stereocenters.